The fourth-order valence-electron chi connectivity index (χ4n) is 4.56. The highest BCUT2D eigenvalue weighted by Gasteiger charge is 2.22. The van der Waals surface area contributed by atoms with Crippen molar-refractivity contribution in [3.63, 3.8) is 0 Å². The van der Waals surface area contributed by atoms with E-state index < -0.39 is 17.7 Å². The van der Waals surface area contributed by atoms with Crippen LogP contribution in [0.2, 0.25) is 0 Å². The molecule has 9 heteroatoms. The summed E-state index contributed by atoms with van der Waals surface area (Å²) >= 11 is 1.14. The number of phenolic OH excluding ortho intramolecular Hbond substituents is 1. The smallest absolute Gasteiger partial charge is 0.225 e. The maximum absolute atomic E-state index is 14.0. The van der Waals surface area contributed by atoms with Crippen LogP contribution >= 0.6 is 11.9 Å². The van der Waals surface area contributed by atoms with Crippen molar-refractivity contribution < 1.29 is 18.7 Å². The van der Waals surface area contributed by atoms with E-state index in [4.69, 9.17) is 5.14 Å². The minimum atomic E-state index is -0.695. The monoisotopic (exact) mass is 530 g/mol. The number of phenols is 1. The normalized spacial score (nSPS) is 12.0. The molecule has 1 amide bonds. The topological polar surface area (TPSA) is 104 Å². The number of amides is 1. The molecule has 2 aromatic heterocycles. The van der Waals surface area contributed by atoms with E-state index in [0.717, 1.165) is 44.9 Å². The molecule has 192 valence electrons. The van der Waals surface area contributed by atoms with Gasteiger partial charge in [-0.25, -0.2) is 8.78 Å². The summed E-state index contributed by atoms with van der Waals surface area (Å²) in [6.07, 6.45) is 3.50. The first kappa shape index (κ1) is 25.4. The number of pyridine rings is 1. The number of nitrogens with one attached hydrogen (secondary N) is 2. The zero-order valence-corrected chi connectivity index (χ0v) is 20.9. The van der Waals surface area contributed by atoms with Crippen molar-refractivity contribution in [2.24, 2.45) is 5.14 Å². The number of hydrogen-bond donors (Lipinski definition) is 4. The number of nitrogens with zero attached hydrogens (tertiary/aromatic N) is 1. The van der Waals surface area contributed by atoms with Crippen LogP contribution in [0.3, 0.4) is 0 Å². The van der Waals surface area contributed by atoms with Gasteiger partial charge in [0.25, 0.3) is 0 Å². The van der Waals surface area contributed by atoms with E-state index in [1.807, 2.05) is 30.3 Å². The lowest BCUT2D eigenvalue weighted by atomic mass is 9.95. The molecule has 3 aromatic carbocycles. The number of benzene rings is 3. The first-order valence-corrected chi connectivity index (χ1v) is 12.7. The third-order valence-corrected chi connectivity index (χ3v) is 6.81. The van der Waals surface area contributed by atoms with Crippen LogP contribution < -0.4 is 10.5 Å². The van der Waals surface area contributed by atoms with Gasteiger partial charge in [-0.15, -0.1) is 0 Å². The van der Waals surface area contributed by atoms with Crippen LogP contribution in [0.4, 0.5) is 8.78 Å². The van der Waals surface area contributed by atoms with Crippen LogP contribution in [-0.4, -0.2) is 21.0 Å². The molecule has 0 aliphatic heterocycles. The zero-order valence-electron chi connectivity index (χ0n) is 20.1. The summed E-state index contributed by atoms with van der Waals surface area (Å²) in [7, 11) is 0. The van der Waals surface area contributed by atoms with Crippen LogP contribution in [0, 0.1) is 11.6 Å². The molecule has 1 unspecified atom stereocenters. The van der Waals surface area contributed by atoms with E-state index in [1.54, 1.807) is 36.7 Å². The van der Waals surface area contributed by atoms with Crippen LogP contribution in [0.15, 0.2) is 90.1 Å². The largest absolute Gasteiger partial charge is 0.508 e. The maximum Gasteiger partial charge on any atom is 0.225 e. The summed E-state index contributed by atoms with van der Waals surface area (Å²) in [5.41, 5.74) is 4.10. The third-order valence-electron chi connectivity index (χ3n) is 6.27. The Balaban J connectivity index is 1.49. The Hall–Kier alpha value is -4.21. The number of rotatable bonds is 8. The van der Waals surface area contributed by atoms with Crippen molar-refractivity contribution in [3.8, 4) is 16.9 Å². The predicted molar refractivity (Wildman–Crippen MR) is 144 cm³/mol. The quantitative estimate of drug-likeness (QED) is 0.189. The van der Waals surface area contributed by atoms with E-state index in [1.165, 1.54) is 12.1 Å². The Kier molecular flexibility index (Phi) is 7.39. The van der Waals surface area contributed by atoms with Crippen molar-refractivity contribution in [1.29, 1.82) is 0 Å². The van der Waals surface area contributed by atoms with E-state index in [2.05, 4.69) is 15.3 Å². The van der Waals surface area contributed by atoms with E-state index >= 15 is 0 Å². The standard InChI is InChI=1S/C29H24F2N4O2S/c30-20-10-17(11-21(31)14-20)12-27(29-24(2-1-9-33-29)18-3-6-23(38-32)7-4-18)35-28(37)13-19-16-34-26-8-5-22(36)15-25(19)26/h1-11,14-16,27,34,36H,12-13,32H2,(H,35,37). The van der Waals surface area contributed by atoms with Gasteiger partial charge < -0.3 is 15.4 Å². The van der Waals surface area contributed by atoms with Crippen LogP contribution in [-0.2, 0) is 17.6 Å². The van der Waals surface area contributed by atoms with Crippen molar-refractivity contribution in [2.45, 2.75) is 23.8 Å². The molecule has 5 rings (SSSR count). The minimum absolute atomic E-state index is 0.0298. The number of fused-ring (bicyclic) bond motifs is 1. The summed E-state index contributed by atoms with van der Waals surface area (Å²) < 4.78 is 28.0. The first-order valence-electron chi connectivity index (χ1n) is 11.8. The van der Waals surface area contributed by atoms with E-state index in [0.29, 0.717) is 16.8 Å². The maximum atomic E-state index is 14.0. The number of halogens is 2. The summed E-state index contributed by atoms with van der Waals surface area (Å²) in [4.78, 5) is 21.9. The second-order valence-corrected chi connectivity index (χ2v) is 9.61. The second-order valence-electron chi connectivity index (χ2n) is 8.90. The molecule has 0 saturated heterocycles. The lowest BCUT2D eigenvalue weighted by Gasteiger charge is -2.22. The minimum Gasteiger partial charge on any atom is -0.508 e. The zero-order chi connectivity index (χ0) is 26.6. The fourth-order valence-corrected chi connectivity index (χ4v) is 4.86. The number of aromatic nitrogens is 2. The lowest BCUT2D eigenvalue weighted by molar-refractivity contribution is -0.121. The molecule has 0 saturated carbocycles. The first-order chi connectivity index (χ1) is 18.4. The molecule has 38 heavy (non-hydrogen) atoms. The van der Waals surface area contributed by atoms with Gasteiger partial charge in [0, 0.05) is 39.8 Å². The highest BCUT2D eigenvalue weighted by molar-refractivity contribution is 7.97. The molecule has 0 aliphatic carbocycles. The average Bonchev–Trinajstić information content (AvgIpc) is 3.29. The molecule has 0 bridgehead atoms. The molecule has 5 aromatic rings. The Morgan fingerprint density at radius 2 is 1.82 bits per heavy atom. The van der Waals surface area contributed by atoms with Crippen LogP contribution in [0.5, 0.6) is 5.75 Å². The van der Waals surface area contributed by atoms with E-state index in [-0.39, 0.29) is 24.5 Å². The number of nitrogens with two attached hydrogens (primary N) is 1. The van der Waals surface area contributed by atoms with Crippen LogP contribution in [0.25, 0.3) is 22.0 Å². The van der Waals surface area contributed by atoms with Gasteiger partial charge in [-0.3, -0.25) is 14.9 Å². The molecule has 2 heterocycles. The molecular formula is C29H24F2N4O2S. The predicted octanol–water partition coefficient (Wildman–Crippen LogP) is 5.82. The summed E-state index contributed by atoms with van der Waals surface area (Å²) in [6.45, 7) is 0. The molecule has 0 fully saturated rings. The van der Waals surface area contributed by atoms with Gasteiger partial charge in [0.15, 0.2) is 0 Å². The van der Waals surface area contributed by atoms with Gasteiger partial charge >= 0.3 is 0 Å². The fraction of sp³-hybridized carbons (Fsp3) is 0.103. The summed E-state index contributed by atoms with van der Waals surface area (Å²) in [5, 5.41) is 19.3. The third kappa shape index (κ3) is 5.69. The van der Waals surface area contributed by atoms with Crippen molar-refractivity contribution >= 4 is 28.8 Å². The van der Waals surface area contributed by atoms with E-state index in [9.17, 15) is 18.7 Å². The second kappa shape index (κ2) is 11.0. The molecule has 0 radical (unpaired) electrons. The van der Waals surface area contributed by atoms with Gasteiger partial charge in [0.05, 0.1) is 18.2 Å². The van der Waals surface area contributed by atoms with Crippen molar-refractivity contribution in [1.82, 2.24) is 15.3 Å². The number of H-pyrrole nitrogens is 1. The van der Waals surface area contributed by atoms with Crippen molar-refractivity contribution in [2.75, 3.05) is 0 Å². The van der Waals surface area contributed by atoms with Gasteiger partial charge in [0.1, 0.15) is 17.4 Å². The average molecular weight is 531 g/mol. The number of aromatic hydroxyl groups is 1. The van der Waals surface area contributed by atoms with Gasteiger partial charge in [-0.1, -0.05) is 18.2 Å². The summed E-state index contributed by atoms with van der Waals surface area (Å²) in [5.74, 6) is -1.59. The van der Waals surface area contributed by atoms with Crippen LogP contribution in [0.1, 0.15) is 22.9 Å². The van der Waals surface area contributed by atoms with Gasteiger partial charge in [-0.05, 0) is 83.6 Å². The Labute approximate surface area is 222 Å². The number of carbonyl (C=O) groups is 1. The Bertz CT molecular complexity index is 1580. The van der Waals surface area contributed by atoms with Gasteiger partial charge in [0.2, 0.25) is 5.91 Å². The highest BCUT2D eigenvalue weighted by atomic mass is 32.2. The molecule has 5 N–H and O–H groups in total. The summed E-state index contributed by atoms with van der Waals surface area (Å²) in [6, 6.07) is 18.8. The van der Waals surface area contributed by atoms with Crippen molar-refractivity contribution in [3.05, 3.63) is 114 Å². The molecular weight excluding hydrogens is 506 g/mol. The number of hydrogen-bond acceptors (Lipinski definition) is 5. The SMILES string of the molecule is NSc1ccc(-c2cccnc2C(Cc2cc(F)cc(F)c2)NC(=O)Cc2c[nH]c3ccc(O)cc23)cc1. The molecule has 0 spiro atoms. The van der Waals surface area contributed by atoms with Gasteiger partial charge in [-0.2, -0.15) is 0 Å². The lowest BCUT2D eigenvalue weighted by Crippen LogP contribution is -2.32. The Morgan fingerprint density at radius 3 is 2.55 bits per heavy atom. The number of carbonyl (C=O) groups excluding carboxylic acids is 1. The molecule has 1 atom stereocenters. The highest BCUT2D eigenvalue weighted by Crippen LogP contribution is 2.30. The Morgan fingerprint density at radius 1 is 1.05 bits per heavy atom. The number of aromatic amines is 1. The molecule has 6 nitrogen and oxygen atoms in total. The molecule has 0 aliphatic rings.